The molecule has 3 atom stereocenters. The molecule has 116 valence electrons. The zero-order chi connectivity index (χ0) is 14.9. The molecule has 6 nitrogen and oxygen atoms in total. The molecule has 2 aliphatic rings. The van der Waals surface area contributed by atoms with Crippen LogP contribution in [0.2, 0.25) is 0 Å². The quantitative estimate of drug-likeness (QED) is 0.865. The van der Waals surface area contributed by atoms with Crippen molar-refractivity contribution in [1.29, 1.82) is 0 Å². The highest BCUT2D eigenvalue weighted by Crippen LogP contribution is 2.40. The molecule has 0 aromatic carbocycles. The first-order valence-corrected chi connectivity index (χ1v) is 7.85. The fraction of sp³-hybridized carbons (Fsp3) is 0.562. The summed E-state index contributed by atoms with van der Waals surface area (Å²) >= 11 is 0. The largest absolute Gasteiger partial charge is 0.364 e. The van der Waals surface area contributed by atoms with Gasteiger partial charge in [-0.25, -0.2) is 0 Å². The predicted octanol–water partition coefficient (Wildman–Crippen LogP) is 2.13. The van der Waals surface area contributed by atoms with Crippen molar-refractivity contribution in [2.45, 2.75) is 38.5 Å². The lowest BCUT2D eigenvalue weighted by molar-refractivity contribution is -0.0189. The van der Waals surface area contributed by atoms with Crippen LogP contribution in [0.15, 0.2) is 29.0 Å². The highest BCUT2D eigenvalue weighted by molar-refractivity contribution is 5.10. The van der Waals surface area contributed by atoms with Crippen molar-refractivity contribution in [3.63, 3.8) is 0 Å². The molecule has 2 aromatic rings. The summed E-state index contributed by atoms with van der Waals surface area (Å²) in [5, 5.41) is 3.87. The van der Waals surface area contributed by atoms with Crippen LogP contribution in [-0.4, -0.2) is 39.2 Å². The lowest BCUT2D eigenvalue weighted by Gasteiger charge is -2.33. The minimum absolute atomic E-state index is 0.0305. The zero-order valence-electron chi connectivity index (χ0n) is 12.7. The van der Waals surface area contributed by atoms with Crippen molar-refractivity contribution >= 4 is 0 Å². The number of aromatic nitrogens is 3. The predicted molar refractivity (Wildman–Crippen MR) is 78.9 cm³/mol. The number of hydrogen-bond acceptors (Lipinski definition) is 6. The van der Waals surface area contributed by atoms with E-state index in [0.29, 0.717) is 17.6 Å². The van der Waals surface area contributed by atoms with Crippen LogP contribution >= 0.6 is 0 Å². The molecule has 6 heteroatoms. The second-order valence-corrected chi connectivity index (χ2v) is 6.22. The Morgan fingerprint density at radius 3 is 2.95 bits per heavy atom. The molecule has 2 saturated heterocycles. The van der Waals surface area contributed by atoms with Gasteiger partial charge in [-0.05, 0) is 49.9 Å². The van der Waals surface area contributed by atoms with E-state index in [1.165, 1.54) is 12.0 Å². The third kappa shape index (κ3) is 2.76. The molecule has 0 aliphatic carbocycles. The van der Waals surface area contributed by atoms with Crippen molar-refractivity contribution in [2.75, 3.05) is 13.1 Å². The standard InChI is InChI=1S/C16H20N4O2/c1-11-18-16(22-19-11)14-8-13-4-7-20(10-15(13)21-14)9-12-2-5-17-6-3-12/h2-3,5-6,13-15H,4,7-10H2,1H3/t13-,14-,15+/m0/s1. The maximum atomic E-state index is 6.18. The molecule has 4 rings (SSSR count). The fourth-order valence-electron chi connectivity index (χ4n) is 3.49. The van der Waals surface area contributed by atoms with Crippen LogP contribution in [0.5, 0.6) is 0 Å². The van der Waals surface area contributed by atoms with E-state index in [9.17, 15) is 0 Å². The lowest BCUT2D eigenvalue weighted by atomic mass is 9.91. The highest BCUT2D eigenvalue weighted by atomic mass is 16.5. The number of hydrogen-bond donors (Lipinski definition) is 0. The van der Waals surface area contributed by atoms with Gasteiger partial charge in [-0.15, -0.1) is 0 Å². The van der Waals surface area contributed by atoms with E-state index in [2.05, 4.69) is 32.2 Å². The Morgan fingerprint density at radius 1 is 1.32 bits per heavy atom. The number of rotatable bonds is 3. The van der Waals surface area contributed by atoms with Crippen LogP contribution in [-0.2, 0) is 11.3 Å². The maximum absolute atomic E-state index is 6.18. The highest BCUT2D eigenvalue weighted by Gasteiger charge is 2.41. The molecule has 2 fully saturated rings. The Bertz CT molecular complexity index is 630. The first-order valence-electron chi connectivity index (χ1n) is 7.85. The zero-order valence-corrected chi connectivity index (χ0v) is 12.7. The smallest absolute Gasteiger partial charge is 0.255 e. The van der Waals surface area contributed by atoms with Gasteiger partial charge in [0.2, 0.25) is 0 Å². The average molecular weight is 300 g/mol. The van der Waals surface area contributed by atoms with Gasteiger partial charge in [0.1, 0.15) is 6.10 Å². The van der Waals surface area contributed by atoms with Gasteiger partial charge in [0.25, 0.3) is 5.89 Å². The fourth-order valence-corrected chi connectivity index (χ4v) is 3.49. The van der Waals surface area contributed by atoms with Gasteiger partial charge in [-0.3, -0.25) is 9.88 Å². The Hall–Kier alpha value is -1.79. The number of fused-ring (bicyclic) bond motifs is 1. The van der Waals surface area contributed by atoms with Crippen molar-refractivity contribution in [3.8, 4) is 0 Å². The molecule has 0 radical (unpaired) electrons. The van der Waals surface area contributed by atoms with E-state index in [1.807, 2.05) is 19.3 Å². The Labute approximate surface area is 129 Å². The molecule has 0 unspecified atom stereocenters. The van der Waals surface area contributed by atoms with Gasteiger partial charge in [0.15, 0.2) is 5.82 Å². The minimum atomic E-state index is -0.0305. The molecule has 2 aromatic heterocycles. The van der Waals surface area contributed by atoms with Crippen LogP contribution in [0.1, 0.15) is 36.2 Å². The summed E-state index contributed by atoms with van der Waals surface area (Å²) in [6, 6.07) is 4.15. The van der Waals surface area contributed by atoms with E-state index < -0.39 is 0 Å². The third-order valence-corrected chi connectivity index (χ3v) is 4.61. The van der Waals surface area contributed by atoms with Crippen molar-refractivity contribution in [2.24, 2.45) is 5.92 Å². The van der Waals surface area contributed by atoms with E-state index >= 15 is 0 Å². The van der Waals surface area contributed by atoms with Crippen molar-refractivity contribution in [3.05, 3.63) is 41.8 Å². The Morgan fingerprint density at radius 2 is 2.18 bits per heavy atom. The summed E-state index contributed by atoms with van der Waals surface area (Å²) in [6.45, 7) is 4.88. The molecule has 0 spiro atoms. The third-order valence-electron chi connectivity index (χ3n) is 4.61. The van der Waals surface area contributed by atoms with Crippen molar-refractivity contribution < 1.29 is 9.26 Å². The van der Waals surface area contributed by atoms with Gasteiger partial charge in [0, 0.05) is 25.5 Å². The Kier molecular flexibility index (Phi) is 3.63. The number of pyridine rings is 1. The van der Waals surface area contributed by atoms with Crippen LogP contribution < -0.4 is 0 Å². The molecule has 4 heterocycles. The van der Waals surface area contributed by atoms with Crippen LogP contribution in [0, 0.1) is 12.8 Å². The van der Waals surface area contributed by atoms with Crippen LogP contribution in [0.25, 0.3) is 0 Å². The summed E-state index contributed by atoms with van der Waals surface area (Å²) in [7, 11) is 0. The molecular formula is C16H20N4O2. The Balaban J connectivity index is 1.39. The number of aryl methyl sites for hydroxylation is 1. The van der Waals surface area contributed by atoms with E-state index in [4.69, 9.17) is 9.26 Å². The summed E-state index contributed by atoms with van der Waals surface area (Å²) in [4.78, 5) is 10.8. The molecule has 0 bridgehead atoms. The first-order chi connectivity index (χ1) is 10.8. The minimum Gasteiger partial charge on any atom is -0.364 e. The molecular weight excluding hydrogens is 280 g/mol. The normalized spacial score (nSPS) is 28.7. The summed E-state index contributed by atoms with van der Waals surface area (Å²) < 4.78 is 11.5. The SMILES string of the molecule is Cc1noc([C@@H]2C[C@@H]3CCN(Cc4ccncc4)C[C@H]3O2)n1. The van der Waals surface area contributed by atoms with E-state index in [-0.39, 0.29) is 12.2 Å². The first kappa shape index (κ1) is 13.8. The molecule has 2 aliphatic heterocycles. The lowest BCUT2D eigenvalue weighted by Crippen LogP contribution is -2.41. The molecule has 22 heavy (non-hydrogen) atoms. The van der Waals surface area contributed by atoms with Crippen molar-refractivity contribution in [1.82, 2.24) is 20.0 Å². The van der Waals surface area contributed by atoms with Gasteiger partial charge >= 0.3 is 0 Å². The van der Waals surface area contributed by atoms with Gasteiger partial charge in [0.05, 0.1) is 6.10 Å². The number of likely N-dealkylation sites (tertiary alicyclic amines) is 1. The second-order valence-electron chi connectivity index (χ2n) is 6.22. The summed E-state index contributed by atoms with van der Waals surface area (Å²) in [5.41, 5.74) is 1.30. The van der Waals surface area contributed by atoms with E-state index in [0.717, 1.165) is 26.1 Å². The average Bonchev–Trinajstić information content (AvgIpc) is 3.14. The topological polar surface area (TPSA) is 64.3 Å². The van der Waals surface area contributed by atoms with E-state index in [1.54, 1.807) is 0 Å². The summed E-state index contributed by atoms with van der Waals surface area (Å²) in [6.07, 6.45) is 6.10. The number of ether oxygens (including phenoxy) is 1. The van der Waals surface area contributed by atoms with Crippen LogP contribution in [0.3, 0.4) is 0 Å². The van der Waals surface area contributed by atoms with Gasteiger partial charge in [-0.2, -0.15) is 4.98 Å². The maximum Gasteiger partial charge on any atom is 0.255 e. The number of nitrogens with zero attached hydrogens (tertiary/aromatic N) is 4. The van der Waals surface area contributed by atoms with Gasteiger partial charge in [-0.1, -0.05) is 5.16 Å². The monoisotopic (exact) mass is 300 g/mol. The van der Waals surface area contributed by atoms with Gasteiger partial charge < -0.3 is 9.26 Å². The number of piperidine rings is 1. The van der Waals surface area contributed by atoms with Crippen LogP contribution in [0.4, 0.5) is 0 Å². The molecule has 0 amide bonds. The summed E-state index contributed by atoms with van der Waals surface area (Å²) in [5.74, 6) is 1.91. The molecule has 0 N–H and O–H groups in total. The second kappa shape index (κ2) is 5.78. The molecule has 0 saturated carbocycles.